The lowest BCUT2D eigenvalue weighted by Crippen LogP contribution is -2.20. The largest absolute Gasteiger partial charge is 0.449 e. The van der Waals surface area contributed by atoms with Crippen molar-refractivity contribution in [3.63, 3.8) is 0 Å². The summed E-state index contributed by atoms with van der Waals surface area (Å²) >= 11 is 1.49. The molecule has 26 heavy (non-hydrogen) atoms. The van der Waals surface area contributed by atoms with E-state index in [0.29, 0.717) is 24.0 Å². The number of imidazole rings is 1. The highest BCUT2D eigenvalue weighted by atomic mass is 32.1. The van der Waals surface area contributed by atoms with Crippen LogP contribution >= 0.6 is 11.3 Å². The lowest BCUT2D eigenvalue weighted by molar-refractivity contribution is 0.121. The summed E-state index contributed by atoms with van der Waals surface area (Å²) in [4.78, 5) is 21.8. The molecule has 0 N–H and O–H groups in total. The van der Waals surface area contributed by atoms with Crippen LogP contribution in [0.2, 0.25) is 0 Å². The maximum absolute atomic E-state index is 12.9. The molecule has 2 heterocycles. The smallest absolute Gasteiger partial charge is 0.420 e. The fourth-order valence-electron chi connectivity index (χ4n) is 3.67. The zero-order chi connectivity index (χ0) is 17.8. The predicted molar refractivity (Wildman–Crippen MR) is 103 cm³/mol. The number of ether oxygens (including phenoxy) is 1. The number of hydrogen-bond acceptors (Lipinski definition) is 5. The van der Waals surface area contributed by atoms with Crippen molar-refractivity contribution in [1.82, 2.24) is 14.5 Å². The number of carbonyl (C=O) groups is 1. The van der Waals surface area contributed by atoms with Crippen molar-refractivity contribution < 1.29 is 9.53 Å². The standard InChI is InChI=1S/C20H23N3O2S/c24-20(25-12-15-8-4-2-1-3-5-9-15)23-18-11-7-6-10-16(18)22-19(23)17-13-26-14-21-17/h6-7,10-11,13-15H,1-5,8-9,12H2. The van der Waals surface area contributed by atoms with E-state index in [1.807, 2.05) is 29.6 Å². The molecule has 0 atom stereocenters. The van der Waals surface area contributed by atoms with Crippen molar-refractivity contribution in [3.8, 4) is 11.5 Å². The van der Waals surface area contributed by atoms with E-state index in [1.54, 1.807) is 10.1 Å². The molecule has 2 aromatic heterocycles. The molecule has 1 aliphatic rings. The summed E-state index contributed by atoms with van der Waals surface area (Å²) in [6.45, 7) is 0.488. The van der Waals surface area contributed by atoms with Crippen LogP contribution in [0.5, 0.6) is 0 Å². The molecule has 0 bridgehead atoms. The summed E-state index contributed by atoms with van der Waals surface area (Å²) in [7, 11) is 0. The van der Waals surface area contributed by atoms with Crippen LogP contribution in [-0.2, 0) is 4.74 Å². The van der Waals surface area contributed by atoms with E-state index in [-0.39, 0.29) is 6.09 Å². The monoisotopic (exact) mass is 369 g/mol. The first kappa shape index (κ1) is 17.2. The van der Waals surface area contributed by atoms with E-state index in [9.17, 15) is 4.79 Å². The van der Waals surface area contributed by atoms with Gasteiger partial charge < -0.3 is 4.74 Å². The van der Waals surface area contributed by atoms with E-state index in [4.69, 9.17) is 4.74 Å². The van der Waals surface area contributed by atoms with Gasteiger partial charge in [-0.25, -0.2) is 19.3 Å². The Kier molecular flexibility index (Phi) is 5.29. The quantitative estimate of drug-likeness (QED) is 0.611. The minimum Gasteiger partial charge on any atom is -0.449 e. The number of nitrogens with zero attached hydrogens (tertiary/aromatic N) is 3. The average molecular weight is 369 g/mol. The molecule has 4 rings (SSSR count). The molecule has 6 heteroatoms. The summed E-state index contributed by atoms with van der Waals surface area (Å²) in [6, 6.07) is 7.64. The zero-order valence-electron chi connectivity index (χ0n) is 14.8. The minimum absolute atomic E-state index is 0.358. The van der Waals surface area contributed by atoms with Crippen LogP contribution in [0.1, 0.15) is 44.9 Å². The summed E-state index contributed by atoms with van der Waals surface area (Å²) in [6.07, 6.45) is 8.34. The number of para-hydroxylation sites is 2. The van der Waals surface area contributed by atoms with Gasteiger partial charge in [-0.05, 0) is 30.9 Å². The molecule has 0 amide bonds. The highest BCUT2D eigenvalue weighted by molar-refractivity contribution is 7.07. The molecule has 1 aromatic carbocycles. The molecular formula is C20H23N3O2S. The molecule has 1 saturated carbocycles. The van der Waals surface area contributed by atoms with Gasteiger partial charge in [0.05, 0.1) is 23.2 Å². The third kappa shape index (κ3) is 3.65. The van der Waals surface area contributed by atoms with Gasteiger partial charge in [-0.3, -0.25) is 0 Å². The third-order valence-corrected chi connectivity index (χ3v) is 5.66. The molecule has 3 aromatic rings. The number of hydrogen-bond donors (Lipinski definition) is 0. The number of aromatic nitrogens is 3. The Morgan fingerprint density at radius 3 is 2.69 bits per heavy atom. The van der Waals surface area contributed by atoms with Gasteiger partial charge in [0.15, 0.2) is 5.82 Å². The van der Waals surface area contributed by atoms with Crippen LogP contribution in [0, 0.1) is 5.92 Å². The van der Waals surface area contributed by atoms with Gasteiger partial charge in [-0.1, -0.05) is 44.2 Å². The molecule has 0 saturated heterocycles. The van der Waals surface area contributed by atoms with Crippen LogP contribution in [0.25, 0.3) is 22.6 Å². The topological polar surface area (TPSA) is 57.0 Å². The van der Waals surface area contributed by atoms with Crippen molar-refractivity contribution in [2.45, 2.75) is 44.9 Å². The molecule has 1 aliphatic carbocycles. The van der Waals surface area contributed by atoms with E-state index in [2.05, 4.69) is 9.97 Å². The van der Waals surface area contributed by atoms with Crippen LogP contribution in [0.3, 0.4) is 0 Å². The fraction of sp³-hybridized carbons (Fsp3) is 0.450. The number of fused-ring (bicyclic) bond motifs is 1. The van der Waals surface area contributed by atoms with Crippen molar-refractivity contribution in [3.05, 3.63) is 35.2 Å². The highest BCUT2D eigenvalue weighted by Crippen LogP contribution is 2.26. The van der Waals surface area contributed by atoms with Crippen LogP contribution < -0.4 is 0 Å². The summed E-state index contributed by atoms with van der Waals surface area (Å²) < 4.78 is 7.29. The van der Waals surface area contributed by atoms with Crippen molar-refractivity contribution in [2.24, 2.45) is 5.92 Å². The van der Waals surface area contributed by atoms with Gasteiger partial charge in [0, 0.05) is 5.38 Å². The van der Waals surface area contributed by atoms with Crippen molar-refractivity contribution in [1.29, 1.82) is 0 Å². The second-order valence-corrected chi connectivity index (χ2v) is 7.64. The maximum atomic E-state index is 12.9. The first-order chi connectivity index (χ1) is 12.8. The Labute approximate surface area is 157 Å². The Hall–Kier alpha value is -2.21. The first-order valence-electron chi connectivity index (χ1n) is 9.36. The van der Waals surface area contributed by atoms with Crippen LogP contribution in [-0.4, -0.2) is 27.2 Å². The van der Waals surface area contributed by atoms with Gasteiger partial charge in [0.25, 0.3) is 0 Å². The Morgan fingerprint density at radius 1 is 1.15 bits per heavy atom. The normalized spacial score (nSPS) is 16.3. The van der Waals surface area contributed by atoms with Gasteiger partial charge >= 0.3 is 6.09 Å². The fourth-order valence-corrected chi connectivity index (χ4v) is 4.20. The Morgan fingerprint density at radius 2 is 1.92 bits per heavy atom. The first-order valence-corrected chi connectivity index (χ1v) is 10.3. The summed E-state index contributed by atoms with van der Waals surface area (Å²) in [5, 5.41) is 1.90. The molecule has 0 unspecified atom stereocenters. The summed E-state index contributed by atoms with van der Waals surface area (Å²) in [5.74, 6) is 1.02. The van der Waals surface area contributed by atoms with Crippen molar-refractivity contribution >= 4 is 28.5 Å². The van der Waals surface area contributed by atoms with E-state index < -0.39 is 0 Å². The lowest BCUT2D eigenvalue weighted by atomic mass is 9.92. The molecule has 0 aliphatic heterocycles. The molecule has 0 spiro atoms. The van der Waals surface area contributed by atoms with Crippen LogP contribution in [0.4, 0.5) is 4.79 Å². The summed E-state index contributed by atoms with van der Waals surface area (Å²) in [5.41, 5.74) is 3.99. The maximum Gasteiger partial charge on any atom is 0.420 e. The highest BCUT2D eigenvalue weighted by Gasteiger charge is 2.21. The SMILES string of the molecule is O=C(OCC1CCCCCCC1)n1c(-c2cscn2)nc2ccccc21. The lowest BCUT2D eigenvalue weighted by Gasteiger charge is -2.19. The van der Waals surface area contributed by atoms with Crippen molar-refractivity contribution in [2.75, 3.05) is 6.61 Å². The zero-order valence-corrected chi connectivity index (χ0v) is 15.6. The van der Waals surface area contributed by atoms with E-state index in [0.717, 1.165) is 23.9 Å². The molecule has 1 fully saturated rings. The molecule has 0 radical (unpaired) electrons. The van der Waals surface area contributed by atoms with Gasteiger partial charge in [-0.15, -0.1) is 11.3 Å². The number of rotatable bonds is 3. The number of benzene rings is 1. The predicted octanol–water partition coefficient (Wildman–Crippen LogP) is 5.51. The minimum atomic E-state index is -0.358. The Balaban J connectivity index is 1.57. The molecule has 5 nitrogen and oxygen atoms in total. The van der Waals surface area contributed by atoms with Crippen LogP contribution in [0.15, 0.2) is 35.2 Å². The average Bonchev–Trinajstić information content (AvgIpc) is 3.28. The molecule has 136 valence electrons. The second kappa shape index (κ2) is 7.99. The van der Waals surface area contributed by atoms with Gasteiger partial charge in [0.2, 0.25) is 0 Å². The molecular weight excluding hydrogens is 346 g/mol. The van der Waals surface area contributed by atoms with Gasteiger partial charge in [0.1, 0.15) is 5.69 Å². The number of carbonyl (C=O) groups excluding carboxylic acids is 1. The Bertz CT molecular complexity index is 864. The third-order valence-electron chi connectivity index (χ3n) is 5.07. The van der Waals surface area contributed by atoms with E-state index in [1.165, 1.54) is 43.4 Å². The van der Waals surface area contributed by atoms with E-state index >= 15 is 0 Å². The number of thiazole rings is 1. The second-order valence-electron chi connectivity index (χ2n) is 6.92. The van der Waals surface area contributed by atoms with Gasteiger partial charge in [-0.2, -0.15) is 0 Å².